The molecule has 27 heavy (non-hydrogen) atoms. The fourth-order valence-electron chi connectivity index (χ4n) is 3.26. The smallest absolute Gasteiger partial charge is 0.325 e. The van der Waals surface area contributed by atoms with E-state index in [0.29, 0.717) is 18.9 Å². The molecule has 1 aliphatic heterocycles. The van der Waals surface area contributed by atoms with Crippen LogP contribution in [0.5, 0.6) is 0 Å². The zero-order valence-corrected chi connectivity index (χ0v) is 15.0. The van der Waals surface area contributed by atoms with Crippen molar-refractivity contribution in [1.29, 1.82) is 0 Å². The van der Waals surface area contributed by atoms with E-state index in [1.54, 1.807) is 10.6 Å². The molecule has 0 radical (unpaired) electrons. The van der Waals surface area contributed by atoms with Gasteiger partial charge in [-0.15, -0.1) is 5.10 Å². The summed E-state index contributed by atoms with van der Waals surface area (Å²) in [6, 6.07) is 15.0. The number of hydrogen-bond donors (Lipinski definition) is 1. The Bertz CT molecular complexity index is 973. The molecule has 1 N–H and O–H groups in total. The zero-order chi connectivity index (χ0) is 18.6. The molecule has 3 heterocycles. The van der Waals surface area contributed by atoms with E-state index in [1.165, 1.54) is 4.68 Å². The average Bonchev–Trinajstić information content (AvgIpc) is 3.00. The van der Waals surface area contributed by atoms with Gasteiger partial charge >= 0.3 is 5.69 Å². The minimum Gasteiger partial charge on any atom is -0.325 e. The van der Waals surface area contributed by atoms with E-state index >= 15 is 0 Å². The maximum Gasteiger partial charge on any atom is 0.351 e. The molecule has 0 bridgehead atoms. The summed E-state index contributed by atoms with van der Waals surface area (Å²) in [5, 5.41) is 7.28. The number of para-hydroxylation sites is 1. The van der Waals surface area contributed by atoms with E-state index < -0.39 is 0 Å². The molecule has 1 aromatic carbocycles. The average molecular weight is 366 g/mol. The van der Waals surface area contributed by atoms with Crippen molar-refractivity contribution >= 4 is 17.2 Å². The molecule has 1 amide bonds. The fraction of sp³-hybridized carbons (Fsp3) is 0.316. The normalized spacial score (nSPS) is 15.9. The molecule has 0 saturated carbocycles. The number of pyridine rings is 1. The van der Waals surface area contributed by atoms with Gasteiger partial charge in [0.25, 0.3) is 0 Å². The molecule has 8 nitrogen and oxygen atoms in total. The second kappa shape index (κ2) is 7.73. The van der Waals surface area contributed by atoms with Gasteiger partial charge in [0.1, 0.15) is 0 Å². The minimum absolute atomic E-state index is 0.00813. The Morgan fingerprint density at radius 1 is 0.963 bits per heavy atom. The van der Waals surface area contributed by atoms with Gasteiger partial charge in [-0.1, -0.05) is 24.3 Å². The molecule has 0 aliphatic carbocycles. The molecular formula is C19H22N6O2. The topological polar surface area (TPSA) is 74.9 Å². The van der Waals surface area contributed by atoms with Gasteiger partial charge < -0.3 is 5.32 Å². The summed E-state index contributed by atoms with van der Waals surface area (Å²) < 4.78 is 3.04. The van der Waals surface area contributed by atoms with Gasteiger partial charge in [-0.25, -0.2) is 4.79 Å². The molecule has 0 spiro atoms. The number of fused-ring (bicyclic) bond motifs is 1. The zero-order valence-electron chi connectivity index (χ0n) is 15.0. The van der Waals surface area contributed by atoms with Crippen LogP contribution in [-0.4, -0.2) is 62.6 Å². The molecule has 2 aromatic heterocycles. The lowest BCUT2D eigenvalue weighted by Crippen LogP contribution is -2.49. The van der Waals surface area contributed by atoms with Gasteiger partial charge in [0.05, 0.1) is 13.2 Å². The van der Waals surface area contributed by atoms with Crippen molar-refractivity contribution in [3.8, 4) is 0 Å². The maximum atomic E-state index is 12.4. The molecule has 3 aromatic rings. The Kier molecular flexibility index (Phi) is 4.99. The molecule has 8 heteroatoms. The molecule has 1 saturated heterocycles. The number of hydrogen-bond acceptors (Lipinski definition) is 5. The summed E-state index contributed by atoms with van der Waals surface area (Å²) in [4.78, 5) is 28.8. The summed E-state index contributed by atoms with van der Waals surface area (Å²) in [7, 11) is 0. The molecule has 140 valence electrons. The number of aromatic nitrogens is 3. The van der Waals surface area contributed by atoms with E-state index in [2.05, 4.69) is 20.2 Å². The van der Waals surface area contributed by atoms with Crippen LogP contribution >= 0.6 is 0 Å². The molecular weight excluding hydrogens is 344 g/mol. The fourth-order valence-corrected chi connectivity index (χ4v) is 3.26. The summed E-state index contributed by atoms with van der Waals surface area (Å²) in [6.45, 7) is 3.98. The highest BCUT2D eigenvalue weighted by Gasteiger charge is 2.20. The van der Waals surface area contributed by atoms with Gasteiger partial charge in [0.2, 0.25) is 5.91 Å². The first kappa shape index (κ1) is 17.4. The number of carbonyl (C=O) groups is 1. The minimum atomic E-state index is -0.129. The molecule has 1 aliphatic rings. The standard InChI is InChI=1S/C19H22N6O2/c26-18(20-16-6-2-1-3-7-16)14-22-10-12-23(13-11-22)15-25-19(27)24-9-5-4-8-17(24)21-25/h1-9H,10-15H2,(H,20,26). The highest BCUT2D eigenvalue weighted by atomic mass is 16.2. The van der Waals surface area contributed by atoms with E-state index in [4.69, 9.17) is 0 Å². The van der Waals surface area contributed by atoms with Crippen LogP contribution in [0, 0.1) is 0 Å². The molecule has 0 atom stereocenters. The highest BCUT2D eigenvalue weighted by Crippen LogP contribution is 2.07. The quantitative estimate of drug-likeness (QED) is 0.720. The number of anilines is 1. The second-order valence-corrected chi connectivity index (χ2v) is 6.66. The monoisotopic (exact) mass is 366 g/mol. The SMILES string of the molecule is O=C(CN1CCN(Cn2nc3ccccn3c2=O)CC1)Nc1ccccc1. The van der Waals surface area contributed by atoms with Crippen LogP contribution in [0.25, 0.3) is 5.65 Å². The van der Waals surface area contributed by atoms with Crippen LogP contribution in [0.4, 0.5) is 5.69 Å². The summed E-state index contributed by atoms with van der Waals surface area (Å²) >= 11 is 0. The summed E-state index contributed by atoms with van der Waals surface area (Å²) in [5.41, 5.74) is 1.33. The molecule has 4 rings (SSSR count). The first-order valence-electron chi connectivity index (χ1n) is 9.03. The van der Waals surface area contributed by atoms with E-state index in [1.807, 2.05) is 48.5 Å². The van der Waals surface area contributed by atoms with Gasteiger partial charge in [-0.05, 0) is 24.3 Å². The Labute approximate surface area is 156 Å². The maximum absolute atomic E-state index is 12.4. The first-order chi connectivity index (χ1) is 13.2. The Morgan fingerprint density at radius 3 is 2.41 bits per heavy atom. The third kappa shape index (κ3) is 4.07. The van der Waals surface area contributed by atoms with Gasteiger partial charge in [0.15, 0.2) is 5.65 Å². The number of carbonyl (C=O) groups excluding carboxylic acids is 1. The molecule has 1 fully saturated rings. The Morgan fingerprint density at radius 2 is 1.67 bits per heavy atom. The summed E-state index contributed by atoms with van der Waals surface area (Å²) in [5.74, 6) is -0.00813. The largest absolute Gasteiger partial charge is 0.351 e. The number of nitrogens with zero attached hydrogens (tertiary/aromatic N) is 5. The van der Waals surface area contributed by atoms with Crippen LogP contribution in [0.3, 0.4) is 0 Å². The lowest BCUT2D eigenvalue weighted by molar-refractivity contribution is -0.117. The van der Waals surface area contributed by atoms with Crippen LogP contribution in [0.1, 0.15) is 0 Å². The lowest BCUT2D eigenvalue weighted by Gasteiger charge is -2.33. The number of benzene rings is 1. The van der Waals surface area contributed by atoms with Gasteiger partial charge in [-0.2, -0.15) is 4.68 Å². The Hall–Kier alpha value is -2.97. The third-order valence-electron chi connectivity index (χ3n) is 4.71. The van der Waals surface area contributed by atoms with Crippen molar-refractivity contribution in [3.63, 3.8) is 0 Å². The van der Waals surface area contributed by atoms with Crippen molar-refractivity contribution in [1.82, 2.24) is 24.0 Å². The first-order valence-corrected chi connectivity index (χ1v) is 9.03. The lowest BCUT2D eigenvalue weighted by atomic mass is 10.3. The van der Waals surface area contributed by atoms with Crippen molar-refractivity contribution in [2.75, 3.05) is 38.0 Å². The second-order valence-electron chi connectivity index (χ2n) is 6.66. The van der Waals surface area contributed by atoms with Crippen molar-refractivity contribution in [2.24, 2.45) is 0 Å². The number of rotatable bonds is 5. The van der Waals surface area contributed by atoms with Crippen LogP contribution in [0.15, 0.2) is 59.5 Å². The van der Waals surface area contributed by atoms with Crippen LogP contribution in [0.2, 0.25) is 0 Å². The predicted molar refractivity (Wildman–Crippen MR) is 103 cm³/mol. The Balaban J connectivity index is 1.29. The summed E-state index contributed by atoms with van der Waals surface area (Å²) in [6.07, 6.45) is 1.73. The highest BCUT2D eigenvalue weighted by molar-refractivity contribution is 5.92. The van der Waals surface area contributed by atoms with Gasteiger partial charge in [-0.3, -0.25) is 19.0 Å². The van der Waals surface area contributed by atoms with E-state index in [9.17, 15) is 9.59 Å². The third-order valence-corrected chi connectivity index (χ3v) is 4.71. The number of nitrogens with one attached hydrogen (secondary N) is 1. The number of piperazine rings is 1. The van der Waals surface area contributed by atoms with Gasteiger partial charge in [0, 0.05) is 38.1 Å². The molecule has 0 unspecified atom stereocenters. The predicted octanol–water partition coefficient (Wildman–Crippen LogP) is 0.710. The van der Waals surface area contributed by atoms with Crippen LogP contribution < -0.4 is 11.0 Å². The number of amides is 1. The van der Waals surface area contributed by atoms with Crippen molar-refractivity contribution in [3.05, 3.63) is 65.2 Å². The van der Waals surface area contributed by atoms with Crippen molar-refractivity contribution in [2.45, 2.75) is 6.67 Å². The van der Waals surface area contributed by atoms with E-state index in [-0.39, 0.29) is 11.6 Å². The van der Waals surface area contributed by atoms with Crippen LogP contribution in [-0.2, 0) is 11.5 Å². The van der Waals surface area contributed by atoms with Crippen molar-refractivity contribution < 1.29 is 4.79 Å². The van der Waals surface area contributed by atoms with E-state index in [0.717, 1.165) is 31.9 Å².